The molecule has 5 atom stereocenters. The van der Waals surface area contributed by atoms with Crippen molar-refractivity contribution in [2.75, 3.05) is 12.3 Å². The Kier molecular flexibility index (Phi) is 9.29. The first kappa shape index (κ1) is 29.6. The van der Waals surface area contributed by atoms with E-state index in [0.29, 0.717) is 5.56 Å². The van der Waals surface area contributed by atoms with Gasteiger partial charge in [0.1, 0.15) is 37.8 Å². The molecule has 0 radical (unpaired) electrons. The first-order valence-corrected chi connectivity index (χ1v) is 12.9. The normalized spacial score (nSPS) is 20.1. The molecule has 14 nitrogen and oxygen atoms in total. The average molecular weight is 575 g/mol. The number of aromatic amines is 1. The summed E-state index contributed by atoms with van der Waals surface area (Å²) < 4.78 is 37.6. The van der Waals surface area contributed by atoms with Gasteiger partial charge in [0.2, 0.25) is 12.1 Å². The summed E-state index contributed by atoms with van der Waals surface area (Å²) in [5.41, 5.74) is 11.7. The van der Waals surface area contributed by atoms with Crippen molar-refractivity contribution < 1.29 is 37.7 Å². The SMILES string of the molecule is CC(C)[C@H](N)C(=O)OC(CC(=O)OCc1ccccc1)C(=O)OC[C@H]1O[C@@H](n2cnc3c(=O)[nH]c(N)nc32)CC1F. The van der Waals surface area contributed by atoms with Gasteiger partial charge >= 0.3 is 17.9 Å². The van der Waals surface area contributed by atoms with Crippen LogP contribution < -0.4 is 17.0 Å². The van der Waals surface area contributed by atoms with Gasteiger partial charge in [-0.3, -0.25) is 23.9 Å². The molecule has 2 unspecified atom stereocenters. The number of ether oxygens (including phenoxy) is 4. The second-order valence-corrected chi connectivity index (χ2v) is 9.83. The van der Waals surface area contributed by atoms with Gasteiger partial charge in [-0.2, -0.15) is 4.98 Å². The number of nitrogens with zero attached hydrogens (tertiary/aromatic N) is 3. The second kappa shape index (κ2) is 12.9. The standard InChI is InChI=1S/C26H31FN6O8/c1-13(2)20(28)25(37)41-16(9-19(34)38-10-14-6-4-3-5-7-14)24(36)39-11-17-15(27)8-18(40-17)33-12-30-21-22(33)31-26(29)32-23(21)35/h3-7,12-13,15-18,20H,8-11,28H2,1-2H3,(H3,29,31,32,35)/t15?,16?,17-,18-,20+/m1/s1. The first-order chi connectivity index (χ1) is 19.5. The molecule has 0 spiro atoms. The van der Waals surface area contributed by atoms with Crippen LogP contribution >= 0.6 is 0 Å². The molecular formula is C26H31FN6O8. The minimum absolute atomic E-state index is 0.00324. The van der Waals surface area contributed by atoms with E-state index in [9.17, 15) is 23.6 Å². The topological polar surface area (TPSA) is 204 Å². The number of halogens is 1. The average Bonchev–Trinajstić information content (AvgIpc) is 3.53. The molecule has 3 heterocycles. The Bertz CT molecular complexity index is 1440. The first-order valence-electron chi connectivity index (χ1n) is 12.9. The van der Waals surface area contributed by atoms with Crippen LogP contribution in [0, 0.1) is 5.92 Å². The number of hydrogen-bond acceptors (Lipinski definition) is 12. The highest BCUT2D eigenvalue weighted by Gasteiger charge is 2.39. The molecule has 1 aliphatic rings. The number of rotatable bonds is 11. The molecule has 1 aromatic carbocycles. The fraction of sp³-hybridized carbons (Fsp3) is 0.462. The fourth-order valence-electron chi connectivity index (χ4n) is 4.03. The lowest BCUT2D eigenvalue weighted by Gasteiger charge is -2.21. The number of nitrogens with two attached hydrogens (primary N) is 2. The summed E-state index contributed by atoms with van der Waals surface area (Å²) in [4.78, 5) is 60.2. The third-order valence-electron chi connectivity index (χ3n) is 6.42. The molecule has 41 heavy (non-hydrogen) atoms. The zero-order chi connectivity index (χ0) is 29.7. The van der Waals surface area contributed by atoms with Crippen LogP contribution in [0.3, 0.4) is 0 Å². The number of carbonyl (C=O) groups is 3. The van der Waals surface area contributed by atoms with E-state index in [0.717, 1.165) is 0 Å². The third-order valence-corrected chi connectivity index (χ3v) is 6.42. The van der Waals surface area contributed by atoms with E-state index < -0.39 is 67.1 Å². The highest BCUT2D eigenvalue weighted by molar-refractivity contribution is 5.85. The van der Waals surface area contributed by atoms with E-state index in [-0.39, 0.29) is 36.1 Å². The van der Waals surface area contributed by atoms with E-state index in [1.54, 1.807) is 44.2 Å². The summed E-state index contributed by atoms with van der Waals surface area (Å²) in [6, 6.07) is 7.79. The summed E-state index contributed by atoms with van der Waals surface area (Å²) in [7, 11) is 0. The lowest BCUT2D eigenvalue weighted by molar-refractivity contribution is -0.176. The monoisotopic (exact) mass is 574 g/mol. The van der Waals surface area contributed by atoms with E-state index in [1.807, 2.05) is 0 Å². The van der Waals surface area contributed by atoms with Gasteiger partial charge in [0, 0.05) is 6.42 Å². The molecule has 0 amide bonds. The predicted octanol–water partition coefficient (Wildman–Crippen LogP) is 0.899. The summed E-state index contributed by atoms with van der Waals surface area (Å²) in [5, 5.41) is 0. The molecule has 15 heteroatoms. The third kappa shape index (κ3) is 7.24. The van der Waals surface area contributed by atoms with Gasteiger partial charge in [-0.25, -0.2) is 14.2 Å². The fourth-order valence-corrected chi connectivity index (χ4v) is 4.03. The number of anilines is 1. The number of hydrogen-bond donors (Lipinski definition) is 3. The molecule has 0 aliphatic carbocycles. The molecule has 2 aromatic heterocycles. The maximum atomic E-state index is 14.9. The molecular weight excluding hydrogens is 543 g/mol. The highest BCUT2D eigenvalue weighted by Crippen LogP contribution is 2.32. The van der Waals surface area contributed by atoms with Gasteiger partial charge in [-0.15, -0.1) is 0 Å². The minimum Gasteiger partial charge on any atom is -0.461 e. The maximum Gasteiger partial charge on any atom is 0.348 e. The van der Waals surface area contributed by atoms with Gasteiger partial charge in [0.25, 0.3) is 5.56 Å². The Morgan fingerprint density at radius 2 is 1.93 bits per heavy atom. The Balaban J connectivity index is 1.39. The lowest BCUT2D eigenvalue weighted by Crippen LogP contribution is -2.42. The zero-order valence-electron chi connectivity index (χ0n) is 22.4. The van der Waals surface area contributed by atoms with E-state index in [1.165, 1.54) is 10.9 Å². The number of imidazole rings is 1. The molecule has 3 aromatic rings. The van der Waals surface area contributed by atoms with Gasteiger partial charge in [-0.1, -0.05) is 44.2 Å². The van der Waals surface area contributed by atoms with Crippen molar-refractivity contribution in [1.82, 2.24) is 19.5 Å². The van der Waals surface area contributed by atoms with Crippen LogP contribution in [0.5, 0.6) is 0 Å². The summed E-state index contributed by atoms with van der Waals surface area (Å²) in [6.07, 6.45) is -4.91. The molecule has 0 saturated carbocycles. The summed E-state index contributed by atoms with van der Waals surface area (Å²) >= 11 is 0. The summed E-state index contributed by atoms with van der Waals surface area (Å²) in [6.45, 7) is 2.76. The number of esters is 3. The predicted molar refractivity (Wildman–Crippen MR) is 140 cm³/mol. The van der Waals surface area contributed by atoms with Crippen LogP contribution in [-0.2, 0) is 39.9 Å². The molecule has 1 saturated heterocycles. The quantitative estimate of drug-likeness (QED) is 0.216. The molecule has 1 fully saturated rings. The van der Waals surface area contributed by atoms with Crippen LogP contribution in [0.15, 0.2) is 41.5 Å². The minimum atomic E-state index is -1.68. The van der Waals surface area contributed by atoms with Crippen LogP contribution in [0.2, 0.25) is 0 Å². The van der Waals surface area contributed by atoms with Gasteiger partial charge in [-0.05, 0) is 11.5 Å². The number of carbonyl (C=O) groups excluding carboxylic acids is 3. The van der Waals surface area contributed by atoms with Gasteiger partial charge < -0.3 is 30.4 Å². The Morgan fingerprint density at radius 1 is 1.20 bits per heavy atom. The highest BCUT2D eigenvalue weighted by atomic mass is 19.1. The number of benzene rings is 1. The van der Waals surface area contributed by atoms with Crippen molar-refractivity contribution in [3.63, 3.8) is 0 Å². The zero-order valence-corrected chi connectivity index (χ0v) is 22.4. The van der Waals surface area contributed by atoms with Crippen LogP contribution in [0.1, 0.15) is 38.5 Å². The van der Waals surface area contributed by atoms with E-state index in [4.69, 9.17) is 30.4 Å². The Labute approximate surface area is 233 Å². The number of aromatic nitrogens is 4. The van der Waals surface area contributed by atoms with Crippen molar-refractivity contribution in [3.8, 4) is 0 Å². The number of nitrogens with one attached hydrogen (secondary N) is 1. The summed E-state index contributed by atoms with van der Waals surface area (Å²) in [5.74, 6) is -3.29. The van der Waals surface area contributed by atoms with Crippen molar-refractivity contribution in [1.29, 1.82) is 0 Å². The number of H-pyrrole nitrogens is 1. The number of fused-ring (bicyclic) bond motifs is 1. The smallest absolute Gasteiger partial charge is 0.348 e. The van der Waals surface area contributed by atoms with Crippen molar-refractivity contribution in [2.24, 2.45) is 11.7 Å². The molecule has 0 bridgehead atoms. The van der Waals surface area contributed by atoms with E-state index >= 15 is 0 Å². The van der Waals surface area contributed by atoms with Crippen molar-refractivity contribution >= 4 is 35.0 Å². The Morgan fingerprint density at radius 3 is 2.63 bits per heavy atom. The molecule has 220 valence electrons. The second-order valence-electron chi connectivity index (χ2n) is 9.83. The maximum absolute atomic E-state index is 14.9. The molecule has 5 N–H and O–H groups in total. The molecule has 1 aliphatic heterocycles. The van der Waals surface area contributed by atoms with Crippen LogP contribution in [0.25, 0.3) is 11.2 Å². The van der Waals surface area contributed by atoms with E-state index in [2.05, 4.69) is 15.0 Å². The number of alkyl halides is 1. The molecule has 4 rings (SSSR count). The van der Waals surface area contributed by atoms with Gasteiger partial charge in [0.05, 0.1) is 12.7 Å². The van der Waals surface area contributed by atoms with Gasteiger partial charge in [0.15, 0.2) is 11.2 Å². The van der Waals surface area contributed by atoms with Crippen LogP contribution in [-0.4, -0.2) is 68.5 Å². The largest absolute Gasteiger partial charge is 0.461 e. The number of nitrogen functional groups attached to an aromatic ring is 1. The van der Waals surface area contributed by atoms with Crippen LogP contribution in [0.4, 0.5) is 10.3 Å². The van der Waals surface area contributed by atoms with Crippen molar-refractivity contribution in [3.05, 3.63) is 52.6 Å². The lowest BCUT2D eigenvalue weighted by atomic mass is 10.1. The Hall–Kier alpha value is -4.37. The van der Waals surface area contributed by atoms with Crippen molar-refractivity contribution in [2.45, 2.75) is 63.9 Å².